The van der Waals surface area contributed by atoms with E-state index in [1.54, 1.807) is 35.5 Å². The predicted octanol–water partition coefficient (Wildman–Crippen LogP) is 5.38. The molecule has 218 valence electrons. The number of aromatic nitrogens is 1. The van der Waals surface area contributed by atoms with Gasteiger partial charge in [-0.2, -0.15) is 5.26 Å². The third-order valence-corrected chi connectivity index (χ3v) is 8.98. The summed E-state index contributed by atoms with van der Waals surface area (Å²) in [6, 6.07) is 12.2. The second-order valence-corrected chi connectivity index (χ2v) is 13.3. The Bertz CT molecular complexity index is 1590. The fourth-order valence-corrected chi connectivity index (χ4v) is 6.03. The number of halogens is 2. The molecule has 3 aromatic rings. The Hall–Kier alpha value is -3.67. The maximum absolute atomic E-state index is 14.1. The Labute approximate surface area is 255 Å². The van der Waals surface area contributed by atoms with E-state index in [4.69, 9.17) is 23.2 Å². The van der Waals surface area contributed by atoms with Crippen molar-refractivity contribution in [1.29, 1.82) is 5.26 Å². The van der Waals surface area contributed by atoms with Crippen LogP contribution in [-0.4, -0.2) is 46.2 Å². The van der Waals surface area contributed by atoms with Crippen LogP contribution in [0.15, 0.2) is 54.9 Å². The van der Waals surface area contributed by atoms with Crippen LogP contribution in [-0.2, 0) is 20.8 Å². The molecule has 2 heterocycles. The second kappa shape index (κ2) is 11.5. The van der Waals surface area contributed by atoms with Gasteiger partial charge in [0.2, 0.25) is 17.7 Å². The van der Waals surface area contributed by atoms with Crippen LogP contribution in [0.2, 0.25) is 10.0 Å². The number of carbonyl (C=O) groups excluding carboxylic acids is 3. The van der Waals surface area contributed by atoms with E-state index in [0.29, 0.717) is 34.1 Å². The average molecular weight is 607 g/mol. The zero-order valence-corrected chi connectivity index (χ0v) is 25.3. The van der Waals surface area contributed by atoms with Crippen LogP contribution in [0.5, 0.6) is 0 Å². The van der Waals surface area contributed by atoms with Crippen molar-refractivity contribution >= 4 is 51.7 Å². The zero-order chi connectivity index (χ0) is 30.2. The van der Waals surface area contributed by atoms with Crippen LogP contribution >= 0.6 is 23.2 Å². The molecule has 1 saturated carbocycles. The molecule has 1 aliphatic heterocycles. The molecule has 2 N–H and O–H groups in total. The van der Waals surface area contributed by atoms with Gasteiger partial charge in [-0.1, -0.05) is 74.3 Å². The summed E-state index contributed by atoms with van der Waals surface area (Å²) in [7, 11) is 0. The van der Waals surface area contributed by atoms with Crippen molar-refractivity contribution in [3.05, 3.63) is 76.0 Å². The first-order valence-electron chi connectivity index (χ1n) is 14.0. The van der Waals surface area contributed by atoms with Gasteiger partial charge >= 0.3 is 0 Å². The van der Waals surface area contributed by atoms with Crippen molar-refractivity contribution in [2.24, 2.45) is 10.8 Å². The first kappa shape index (κ1) is 29.8. The molecule has 42 heavy (non-hydrogen) atoms. The molecule has 1 saturated heterocycles. The minimum atomic E-state index is -0.937. The van der Waals surface area contributed by atoms with Crippen LogP contribution in [0.1, 0.15) is 57.2 Å². The van der Waals surface area contributed by atoms with Crippen molar-refractivity contribution < 1.29 is 14.4 Å². The van der Waals surface area contributed by atoms with Crippen molar-refractivity contribution in [3.8, 4) is 6.07 Å². The van der Waals surface area contributed by atoms with E-state index in [0.717, 1.165) is 23.6 Å². The molecule has 0 radical (unpaired) electrons. The van der Waals surface area contributed by atoms with Crippen LogP contribution in [0, 0.1) is 22.2 Å². The molecule has 5 rings (SSSR count). The van der Waals surface area contributed by atoms with Gasteiger partial charge in [0, 0.05) is 29.9 Å². The number of rotatable bonds is 7. The summed E-state index contributed by atoms with van der Waals surface area (Å²) in [6.45, 7) is 6.08. The van der Waals surface area contributed by atoms with Crippen LogP contribution in [0.25, 0.3) is 10.8 Å². The van der Waals surface area contributed by atoms with Gasteiger partial charge in [0.15, 0.2) is 0 Å². The molecule has 8 nitrogen and oxygen atoms in total. The van der Waals surface area contributed by atoms with Crippen LogP contribution in [0.3, 0.4) is 0 Å². The first-order valence-corrected chi connectivity index (χ1v) is 14.7. The Morgan fingerprint density at radius 2 is 1.83 bits per heavy atom. The molecule has 1 unspecified atom stereocenters. The first-order chi connectivity index (χ1) is 19.9. The number of carbonyl (C=O) groups is 3. The van der Waals surface area contributed by atoms with Gasteiger partial charge in [-0.3, -0.25) is 19.4 Å². The van der Waals surface area contributed by atoms with Crippen molar-refractivity contribution in [2.45, 2.75) is 64.6 Å². The number of nitrogens with zero attached hydrogens (tertiary/aromatic N) is 3. The Balaban J connectivity index is 1.35. The average Bonchev–Trinajstić information content (AvgIpc) is 3.60. The number of likely N-dealkylation sites (tertiary alicyclic amines) is 1. The van der Waals surface area contributed by atoms with E-state index in [-0.39, 0.29) is 29.6 Å². The van der Waals surface area contributed by atoms with Gasteiger partial charge in [0.1, 0.15) is 18.1 Å². The van der Waals surface area contributed by atoms with Crippen molar-refractivity contribution in [1.82, 2.24) is 20.5 Å². The highest BCUT2D eigenvalue weighted by Gasteiger charge is 2.56. The van der Waals surface area contributed by atoms with Gasteiger partial charge in [-0.15, -0.1) is 0 Å². The van der Waals surface area contributed by atoms with Crippen LogP contribution in [0.4, 0.5) is 0 Å². The molecule has 0 bridgehead atoms. The number of amides is 3. The SMILES string of the molecule is CC(C)(C)[C@H](NC(=O)Cc1ccc(Cl)c(Cl)c1)C(=O)N1CC2(CC2)C[C@H]1C(=O)NC(C#N)c1cncc2ccccc12. The number of benzene rings is 2. The molecular weight excluding hydrogens is 573 g/mol. The molecule has 3 atom stereocenters. The topological polar surface area (TPSA) is 115 Å². The number of fused-ring (bicyclic) bond motifs is 1. The van der Waals surface area contributed by atoms with E-state index in [2.05, 4.69) is 21.7 Å². The monoisotopic (exact) mass is 605 g/mol. The lowest BCUT2D eigenvalue weighted by molar-refractivity contribution is -0.144. The van der Waals surface area contributed by atoms with Gasteiger partial charge in [-0.25, -0.2) is 0 Å². The van der Waals surface area contributed by atoms with Gasteiger partial charge in [0.05, 0.1) is 22.5 Å². The molecule has 2 aliphatic rings. The molecular formula is C32H33Cl2N5O3. The fourth-order valence-electron chi connectivity index (χ4n) is 5.71. The van der Waals surface area contributed by atoms with E-state index in [9.17, 15) is 19.6 Å². The number of nitriles is 1. The summed E-state index contributed by atoms with van der Waals surface area (Å²) in [5, 5.41) is 18.3. The summed E-state index contributed by atoms with van der Waals surface area (Å²) in [6.07, 6.45) is 5.71. The van der Waals surface area contributed by atoms with Gasteiger partial charge in [0.25, 0.3) is 0 Å². The third-order valence-electron chi connectivity index (χ3n) is 8.24. The van der Waals surface area contributed by atoms with Gasteiger partial charge < -0.3 is 15.5 Å². The van der Waals surface area contributed by atoms with E-state index >= 15 is 0 Å². The summed E-state index contributed by atoms with van der Waals surface area (Å²) in [5.74, 6) is -1.04. The third kappa shape index (κ3) is 6.23. The van der Waals surface area contributed by atoms with E-state index < -0.39 is 23.5 Å². The summed E-state index contributed by atoms with van der Waals surface area (Å²) < 4.78 is 0. The Kier molecular flexibility index (Phi) is 8.19. The molecule has 1 aliphatic carbocycles. The number of hydrogen-bond acceptors (Lipinski definition) is 5. The standard InChI is InChI=1S/C32H33Cl2N5O3/c1-31(2,3)28(38-27(40)13-19-8-9-23(33)24(34)12-19)30(42)39-18-32(10-11-32)14-26(39)29(41)37-25(15-35)22-17-36-16-20-6-4-5-7-21(20)22/h4-9,12,16-17,25-26,28H,10-11,13-14,18H2,1-3H3,(H,37,41)(H,38,40)/t25?,26-,28+/m0/s1. The molecule has 2 aromatic carbocycles. The number of nitrogens with one attached hydrogen (secondary N) is 2. The largest absolute Gasteiger partial charge is 0.344 e. The van der Waals surface area contributed by atoms with E-state index in [1.165, 1.54) is 0 Å². The zero-order valence-electron chi connectivity index (χ0n) is 23.8. The molecule has 1 spiro atoms. The lowest BCUT2D eigenvalue weighted by atomic mass is 9.85. The predicted molar refractivity (Wildman–Crippen MR) is 162 cm³/mol. The van der Waals surface area contributed by atoms with Crippen molar-refractivity contribution in [2.75, 3.05) is 6.54 Å². The van der Waals surface area contributed by atoms with Crippen molar-refractivity contribution in [3.63, 3.8) is 0 Å². The molecule has 3 amide bonds. The highest BCUT2D eigenvalue weighted by atomic mass is 35.5. The highest BCUT2D eigenvalue weighted by Crippen LogP contribution is 2.55. The summed E-state index contributed by atoms with van der Waals surface area (Å²) >= 11 is 12.1. The van der Waals surface area contributed by atoms with Crippen LogP contribution < -0.4 is 10.6 Å². The maximum Gasteiger partial charge on any atom is 0.246 e. The number of hydrogen-bond donors (Lipinski definition) is 2. The second-order valence-electron chi connectivity index (χ2n) is 12.5. The Morgan fingerprint density at radius 1 is 1.10 bits per heavy atom. The molecule has 10 heteroatoms. The normalized spacial score (nSPS) is 18.8. The summed E-state index contributed by atoms with van der Waals surface area (Å²) in [5.41, 5.74) is 0.535. The maximum atomic E-state index is 14.1. The van der Waals surface area contributed by atoms with E-state index in [1.807, 2.05) is 45.0 Å². The smallest absolute Gasteiger partial charge is 0.246 e. The van der Waals surface area contributed by atoms with Gasteiger partial charge in [-0.05, 0) is 53.2 Å². The lowest BCUT2D eigenvalue weighted by Gasteiger charge is -2.35. The quantitative estimate of drug-likeness (QED) is 0.375. The molecule has 2 fully saturated rings. The Morgan fingerprint density at radius 3 is 2.50 bits per heavy atom. The number of pyridine rings is 1. The highest BCUT2D eigenvalue weighted by molar-refractivity contribution is 6.42. The fraction of sp³-hybridized carbons (Fsp3) is 0.406. The lowest BCUT2D eigenvalue weighted by Crippen LogP contribution is -2.58. The molecule has 1 aromatic heterocycles. The minimum Gasteiger partial charge on any atom is -0.344 e. The summed E-state index contributed by atoms with van der Waals surface area (Å²) in [4.78, 5) is 46.9. The minimum absolute atomic E-state index is 0.0213.